The number of nitrogens with zero attached hydrogens (tertiary/aromatic N) is 8. The number of fused-ring (bicyclic) bond motifs is 16. The van der Waals surface area contributed by atoms with Crippen molar-refractivity contribution in [1.82, 2.24) is 39.9 Å². The van der Waals surface area contributed by atoms with Crippen molar-refractivity contribution in [2.45, 2.75) is 0 Å². The molecule has 0 radical (unpaired) electrons. The predicted octanol–water partition coefficient (Wildman–Crippen LogP) is 29.4. The van der Waals surface area contributed by atoms with Crippen LogP contribution in [0.15, 0.2) is 397 Å². The number of hydrogen-bond acceptors (Lipinski definition) is 12. The molecule has 8 heterocycles. The van der Waals surface area contributed by atoms with E-state index in [0.29, 0.717) is 34.9 Å². The molecule has 0 saturated heterocycles. The van der Waals surface area contributed by atoms with Gasteiger partial charge in [-0.2, -0.15) is 0 Å². The number of aromatic nitrogens is 8. The van der Waals surface area contributed by atoms with E-state index in [9.17, 15) is 0 Å². The van der Waals surface area contributed by atoms with Crippen LogP contribution in [0.4, 0.5) is 0 Å². The summed E-state index contributed by atoms with van der Waals surface area (Å²) in [5.74, 6) is 3.74. The minimum absolute atomic E-state index is 0.609. The van der Waals surface area contributed by atoms with E-state index < -0.39 is 0 Å². The molecule has 10 nitrogen and oxygen atoms in total. The van der Waals surface area contributed by atoms with Crippen molar-refractivity contribution < 1.29 is 8.83 Å². The maximum Gasteiger partial charge on any atom is 0.164 e. The predicted molar refractivity (Wildman–Crippen MR) is 496 cm³/mol. The van der Waals surface area contributed by atoms with E-state index in [1.54, 1.807) is 0 Å². The molecule has 0 aliphatic rings. The summed E-state index contributed by atoms with van der Waals surface area (Å²) in [5.41, 5.74) is 23.7. The molecule has 0 saturated carbocycles. The zero-order valence-corrected chi connectivity index (χ0v) is 65.8. The van der Waals surface area contributed by atoms with Gasteiger partial charge in [-0.05, 0) is 88.0 Å². The molecule has 16 aromatic carbocycles. The van der Waals surface area contributed by atoms with Crippen molar-refractivity contribution >= 4 is 129 Å². The molecule has 0 amide bonds. The Hall–Kier alpha value is -15.6. The Labute approximate surface area is 696 Å². The van der Waals surface area contributed by atoms with Crippen LogP contribution in [0.1, 0.15) is 0 Å². The molecule has 0 spiro atoms. The van der Waals surface area contributed by atoms with Gasteiger partial charge in [-0.3, -0.25) is 0 Å². The normalized spacial score (nSPS) is 11.7. The highest BCUT2D eigenvalue weighted by atomic mass is 32.1. The summed E-state index contributed by atoms with van der Waals surface area (Å²) in [4.78, 5) is 41.0. The van der Waals surface area contributed by atoms with Gasteiger partial charge in [0.1, 0.15) is 22.3 Å². The molecule has 24 aromatic rings. The molecule has 0 aliphatic carbocycles. The zero-order chi connectivity index (χ0) is 79.1. The zero-order valence-electron chi connectivity index (χ0n) is 64.2. The van der Waals surface area contributed by atoms with Crippen LogP contribution < -0.4 is 0 Å². The molecular weight excluding hydrogens is 1510 g/mol. The molecule has 0 aliphatic heterocycles. The highest BCUT2D eigenvalue weighted by molar-refractivity contribution is 7.27. The van der Waals surface area contributed by atoms with Gasteiger partial charge in [0.05, 0.1) is 22.4 Å². The molecule has 120 heavy (non-hydrogen) atoms. The number of para-hydroxylation sites is 4. The number of benzene rings is 16. The fraction of sp³-hybridized carbons (Fsp3) is 0. The van der Waals surface area contributed by atoms with Crippen molar-refractivity contribution in [3.8, 4) is 135 Å². The second-order valence-electron chi connectivity index (χ2n) is 29.9. The van der Waals surface area contributed by atoms with E-state index in [-0.39, 0.29) is 0 Å². The average Bonchev–Trinajstić information content (AvgIpc) is 1.56. The molecule has 0 atom stereocenters. The van der Waals surface area contributed by atoms with Crippen LogP contribution in [0.25, 0.3) is 241 Å². The Morgan fingerprint density at radius 3 is 0.925 bits per heavy atom. The third-order valence-corrected chi connectivity index (χ3v) is 25.1. The summed E-state index contributed by atoms with van der Waals surface area (Å²) in [5, 5.41) is 11.5. The quantitative estimate of drug-likeness (QED) is 0.117. The fourth-order valence-corrected chi connectivity index (χ4v) is 19.3. The van der Waals surface area contributed by atoms with Crippen LogP contribution in [0.3, 0.4) is 0 Å². The summed E-state index contributed by atoms with van der Waals surface area (Å²) in [6.45, 7) is 0. The van der Waals surface area contributed by atoms with Gasteiger partial charge < -0.3 is 8.83 Å². The van der Waals surface area contributed by atoms with Crippen molar-refractivity contribution in [2.75, 3.05) is 0 Å². The number of furan rings is 2. The third-order valence-electron chi connectivity index (χ3n) is 22.6. The summed E-state index contributed by atoms with van der Waals surface area (Å²) in [6.07, 6.45) is 0. The first kappa shape index (κ1) is 69.9. The highest BCUT2D eigenvalue weighted by Gasteiger charge is 2.24. The lowest BCUT2D eigenvalue weighted by Crippen LogP contribution is -2.00. The second-order valence-corrected chi connectivity index (χ2v) is 32.1. The smallest absolute Gasteiger partial charge is 0.164 e. The standard InChI is InChI=1S/2C54H32N4OS/c1-3-14-33(15-4-1)52-56-53(34-16-5-2-6-17-34)58-54(57-52)39-21-12-20-38(31-39)49-48-44-23-8-10-27-47(44)60-51(48)43-29-28-36(32-45(43)55-49)35-18-11-19-37(30-35)40-24-13-25-42-41-22-7-9-26-46(41)59-50(40)42;1-3-13-35(14-4-1)52-56-53(36-15-5-2-6-16-36)58-54(57-52)39-18-11-17-38(31-39)49-48-44-20-8-10-24-47(44)60-51(48)43-30-29-37(32-45(43)55-49)33-25-27-34(28-26-33)40-21-12-22-42-41-19-7-9-23-46(41)59-50(40)42/h2*1-32H. The Balaban J connectivity index is 0.000000140. The first-order valence-corrected chi connectivity index (χ1v) is 41.5. The summed E-state index contributed by atoms with van der Waals surface area (Å²) in [6, 6.07) is 135. The van der Waals surface area contributed by atoms with Crippen molar-refractivity contribution in [1.29, 1.82) is 0 Å². The van der Waals surface area contributed by atoms with Gasteiger partial charge in [-0.15, -0.1) is 22.7 Å². The molecular formula is C108H64N8O2S2. The van der Waals surface area contributed by atoms with Crippen LogP contribution in [0.5, 0.6) is 0 Å². The molecule has 0 fully saturated rings. The topological polar surface area (TPSA) is 129 Å². The lowest BCUT2D eigenvalue weighted by molar-refractivity contribution is 0.669. The van der Waals surface area contributed by atoms with Crippen LogP contribution >= 0.6 is 22.7 Å². The van der Waals surface area contributed by atoms with Gasteiger partial charge in [0.2, 0.25) is 0 Å². The maximum absolute atomic E-state index is 6.43. The molecule has 12 heteroatoms. The van der Waals surface area contributed by atoms with Crippen molar-refractivity contribution in [2.24, 2.45) is 0 Å². The Morgan fingerprint density at radius 1 is 0.183 bits per heavy atom. The van der Waals surface area contributed by atoms with Crippen LogP contribution in [-0.2, 0) is 0 Å². The summed E-state index contributed by atoms with van der Waals surface area (Å²) >= 11 is 3.64. The van der Waals surface area contributed by atoms with E-state index in [2.05, 4.69) is 243 Å². The molecule has 0 bridgehead atoms. The Bertz CT molecular complexity index is 8050. The number of pyridine rings is 2. The molecule has 0 N–H and O–H groups in total. The highest BCUT2D eigenvalue weighted by Crippen LogP contribution is 2.48. The van der Waals surface area contributed by atoms with Gasteiger partial charge in [-0.1, -0.05) is 334 Å². The van der Waals surface area contributed by atoms with E-state index in [1.165, 1.54) is 29.6 Å². The van der Waals surface area contributed by atoms with Gasteiger partial charge in [0.25, 0.3) is 0 Å². The Kier molecular flexibility index (Phi) is 17.1. The van der Waals surface area contributed by atoms with Gasteiger partial charge in [0.15, 0.2) is 34.9 Å². The lowest BCUT2D eigenvalue weighted by Gasteiger charge is -2.12. The largest absolute Gasteiger partial charge is 0.455 e. The second kappa shape index (κ2) is 29.3. The number of thiophene rings is 2. The average molecular weight is 1570 g/mol. The van der Waals surface area contributed by atoms with E-state index in [0.717, 1.165) is 177 Å². The van der Waals surface area contributed by atoms with Crippen molar-refractivity contribution in [3.05, 3.63) is 388 Å². The first-order valence-electron chi connectivity index (χ1n) is 39.9. The monoisotopic (exact) mass is 1570 g/mol. The van der Waals surface area contributed by atoms with Crippen LogP contribution in [-0.4, -0.2) is 39.9 Å². The van der Waals surface area contributed by atoms with Gasteiger partial charge in [0, 0.05) is 128 Å². The van der Waals surface area contributed by atoms with E-state index in [1.807, 2.05) is 168 Å². The minimum atomic E-state index is 0.609. The van der Waals surface area contributed by atoms with Crippen LogP contribution in [0.2, 0.25) is 0 Å². The van der Waals surface area contributed by atoms with Gasteiger partial charge >= 0.3 is 0 Å². The lowest BCUT2D eigenvalue weighted by atomic mass is 9.96. The van der Waals surface area contributed by atoms with E-state index >= 15 is 0 Å². The first-order chi connectivity index (χ1) is 59.4. The molecule has 8 aromatic heterocycles. The molecule has 0 unspecified atom stereocenters. The summed E-state index contributed by atoms with van der Waals surface area (Å²) in [7, 11) is 0. The number of rotatable bonds is 12. The maximum atomic E-state index is 6.43. The van der Waals surface area contributed by atoms with Gasteiger partial charge in [-0.25, -0.2) is 39.9 Å². The van der Waals surface area contributed by atoms with E-state index in [4.69, 9.17) is 48.7 Å². The Morgan fingerprint density at radius 2 is 0.483 bits per heavy atom. The van der Waals surface area contributed by atoms with Crippen LogP contribution in [0, 0.1) is 0 Å². The summed E-state index contributed by atoms with van der Waals surface area (Å²) < 4.78 is 17.7. The SMILES string of the molecule is c1ccc(-c2nc(-c3ccccc3)nc(-c3cccc(-c4nc5cc(-c6ccc(-c7cccc8c7oc7ccccc78)cc6)ccc5c5sc6ccccc6c45)c3)n2)cc1.c1ccc(-c2nc(-c3ccccc3)nc(-c3cccc(-c4nc5cc(-c6cccc(-c7cccc8c7oc7ccccc78)c6)ccc5c5sc6ccccc6c45)c3)n2)cc1. The number of hydrogen-bond donors (Lipinski definition) is 0. The van der Waals surface area contributed by atoms with Crippen molar-refractivity contribution in [3.63, 3.8) is 0 Å². The molecule has 560 valence electrons. The fourth-order valence-electron chi connectivity index (χ4n) is 16.8. The molecule has 24 rings (SSSR count). The minimum Gasteiger partial charge on any atom is -0.455 e. The third kappa shape index (κ3) is 12.5.